The summed E-state index contributed by atoms with van der Waals surface area (Å²) in [6.07, 6.45) is 0. The molecule has 0 bridgehead atoms. The summed E-state index contributed by atoms with van der Waals surface area (Å²) < 4.78 is 8.48. The van der Waals surface area contributed by atoms with Crippen LogP contribution in [0.3, 0.4) is 0 Å². The summed E-state index contributed by atoms with van der Waals surface area (Å²) in [5.74, 6) is 0. The first kappa shape index (κ1) is 15.9. The SMILES string of the molecule is O=[P+]([O-])[O-].[K+].[Na+]. The minimum absolute atomic E-state index is 0. The van der Waals surface area contributed by atoms with E-state index in [1.54, 1.807) is 0 Å². The molecular formula is KNaO3P+. The molecule has 0 amide bonds. The van der Waals surface area contributed by atoms with Crippen molar-refractivity contribution in [3.05, 3.63) is 0 Å². The van der Waals surface area contributed by atoms with Crippen LogP contribution in [0.4, 0.5) is 0 Å². The summed E-state index contributed by atoms with van der Waals surface area (Å²) >= 11 is 0. The van der Waals surface area contributed by atoms with E-state index in [2.05, 4.69) is 0 Å². The van der Waals surface area contributed by atoms with Gasteiger partial charge in [0.05, 0.1) is 0 Å². The standard InChI is InChI=1S/K.Na.HO3P/c;;1-4(2)3/h;;(H,1,2,3)/q2*+1;/p-1. The van der Waals surface area contributed by atoms with Gasteiger partial charge in [0, 0.05) is 0 Å². The molecular weight excluding hydrogens is 141 g/mol. The van der Waals surface area contributed by atoms with E-state index in [1.807, 2.05) is 0 Å². The van der Waals surface area contributed by atoms with Gasteiger partial charge in [-0.15, -0.1) is 0 Å². The molecule has 0 aromatic rings. The van der Waals surface area contributed by atoms with E-state index in [1.165, 1.54) is 0 Å². The molecule has 0 aromatic carbocycles. The van der Waals surface area contributed by atoms with Crippen molar-refractivity contribution in [2.75, 3.05) is 0 Å². The summed E-state index contributed by atoms with van der Waals surface area (Å²) in [7, 11) is -3.37. The topological polar surface area (TPSA) is 63.2 Å². The van der Waals surface area contributed by atoms with Crippen LogP contribution in [0.2, 0.25) is 0 Å². The predicted octanol–water partition coefficient (Wildman–Crippen LogP) is -7.63. The van der Waals surface area contributed by atoms with Crippen LogP contribution in [0.1, 0.15) is 0 Å². The Morgan fingerprint density at radius 3 is 1.33 bits per heavy atom. The molecule has 0 unspecified atom stereocenters. The molecule has 24 valence electrons. The maximum atomic E-state index is 8.48. The minimum Gasteiger partial charge on any atom is -0.598 e. The van der Waals surface area contributed by atoms with E-state index in [4.69, 9.17) is 14.4 Å². The summed E-state index contributed by atoms with van der Waals surface area (Å²) in [4.78, 5) is 17.0. The quantitative estimate of drug-likeness (QED) is 0.248. The number of hydrogen-bond acceptors (Lipinski definition) is 3. The zero-order valence-corrected chi connectivity index (χ0v) is 9.69. The van der Waals surface area contributed by atoms with E-state index < -0.39 is 8.25 Å². The average Bonchev–Trinajstić information content (AvgIpc) is 0.811. The molecule has 0 saturated carbocycles. The van der Waals surface area contributed by atoms with Crippen molar-refractivity contribution in [1.82, 2.24) is 0 Å². The fourth-order valence-electron chi connectivity index (χ4n) is 0. The molecule has 0 heterocycles. The average molecular weight is 141 g/mol. The van der Waals surface area contributed by atoms with Gasteiger partial charge in [0.1, 0.15) is 0 Å². The first-order chi connectivity index (χ1) is 1.73. The summed E-state index contributed by atoms with van der Waals surface area (Å²) in [5.41, 5.74) is 0. The molecule has 0 fully saturated rings. The Labute approximate surface area is 101 Å². The van der Waals surface area contributed by atoms with E-state index in [-0.39, 0.29) is 80.9 Å². The Kier molecular flexibility index (Phi) is 28.0. The fraction of sp³-hybridized carbons (Fsp3) is 0. The van der Waals surface area contributed by atoms with Crippen LogP contribution in [-0.4, -0.2) is 0 Å². The Balaban J connectivity index is -0.0000000450. The minimum atomic E-state index is -3.37. The van der Waals surface area contributed by atoms with Gasteiger partial charge in [-0.2, -0.15) is 0 Å². The van der Waals surface area contributed by atoms with E-state index in [9.17, 15) is 0 Å². The molecule has 0 aliphatic rings. The molecule has 0 rings (SSSR count). The normalized spacial score (nSPS) is 4.33. The Morgan fingerprint density at radius 2 is 1.33 bits per heavy atom. The van der Waals surface area contributed by atoms with Crippen molar-refractivity contribution in [3.8, 4) is 0 Å². The summed E-state index contributed by atoms with van der Waals surface area (Å²) in [5, 5.41) is 0. The van der Waals surface area contributed by atoms with Crippen molar-refractivity contribution >= 4 is 8.25 Å². The molecule has 0 spiro atoms. The summed E-state index contributed by atoms with van der Waals surface area (Å²) in [6.45, 7) is 0. The van der Waals surface area contributed by atoms with E-state index in [0.717, 1.165) is 0 Å². The van der Waals surface area contributed by atoms with Crippen LogP contribution >= 0.6 is 8.25 Å². The second-order valence-electron chi connectivity index (χ2n) is 0.224. The van der Waals surface area contributed by atoms with Crippen molar-refractivity contribution in [3.63, 3.8) is 0 Å². The van der Waals surface area contributed by atoms with Crippen molar-refractivity contribution in [2.45, 2.75) is 0 Å². The van der Waals surface area contributed by atoms with Gasteiger partial charge in [-0.1, -0.05) is 4.57 Å². The van der Waals surface area contributed by atoms with Crippen LogP contribution in [0.25, 0.3) is 0 Å². The first-order valence-corrected chi connectivity index (χ1v) is 1.64. The molecule has 0 aliphatic heterocycles. The van der Waals surface area contributed by atoms with Gasteiger partial charge in [0.15, 0.2) is 0 Å². The van der Waals surface area contributed by atoms with E-state index >= 15 is 0 Å². The largest absolute Gasteiger partial charge is 1.00 e. The molecule has 6 heavy (non-hydrogen) atoms. The zero-order chi connectivity index (χ0) is 3.58. The Bertz CT molecular complexity index is 33.8. The van der Waals surface area contributed by atoms with Gasteiger partial charge >= 0.3 is 80.9 Å². The first-order valence-electron chi connectivity index (χ1n) is 0.548. The van der Waals surface area contributed by atoms with Crippen molar-refractivity contribution in [1.29, 1.82) is 0 Å². The Hall–Kier alpha value is 2.66. The van der Waals surface area contributed by atoms with Gasteiger partial charge < -0.3 is 9.79 Å². The monoisotopic (exact) mass is 141 g/mol. The fourth-order valence-corrected chi connectivity index (χ4v) is 0. The third kappa shape index (κ3) is 30.2. The van der Waals surface area contributed by atoms with Crippen LogP contribution in [-0.2, 0) is 4.57 Å². The molecule has 6 heteroatoms. The number of hydrogen-bond donors (Lipinski definition) is 0. The predicted molar refractivity (Wildman–Crippen MR) is 7.61 cm³/mol. The maximum Gasteiger partial charge on any atom is 1.00 e. The van der Waals surface area contributed by atoms with Crippen molar-refractivity contribution in [2.24, 2.45) is 0 Å². The zero-order valence-electron chi connectivity index (χ0n) is 3.67. The third-order valence-electron chi connectivity index (χ3n) is 0. The van der Waals surface area contributed by atoms with Gasteiger partial charge in [0.2, 0.25) is 0 Å². The molecule has 0 aliphatic carbocycles. The van der Waals surface area contributed by atoms with Crippen LogP contribution in [0.5, 0.6) is 0 Å². The van der Waals surface area contributed by atoms with Crippen LogP contribution < -0.4 is 90.7 Å². The van der Waals surface area contributed by atoms with Crippen LogP contribution in [0, 0.1) is 0 Å². The maximum absolute atomic E-state index is 8.48. The molecule has 0 saturated heterocycles. The van der Waals surface area contributed by atoms with Gasteiger partial charge in [-0.3, -0.25) is 0 Å². The smallest absolute Gasteiger partial charge is 0.598 e. The molecule has 0 N–H and O–H groups in total. The van der Waals surface area contributed by atoms with Gasteiger partial charge in [-0.05, 0) is 0 Å². The number of rotatable bonds is 0. The summed E-state index contributed by atoms with van der Waals surface area (Å²) in [6, 6.07) is 0. The van der Waals surface area contributed by atoms with Gasteiger partial charge in [0.25, 0.3) is 8.25 Å². The molecule has 0 aromatic heterocycles. The molecule has 0 radical (unpaired) electrons. The van der Waals surface area contributed by atoms with Crippen molar-refractivity contribution < 1.29 is 95.3 Å². The van der Waals surface area contributed by atoms with Crippen LogP contribution in [0.15, 0.2) is 0 Å². The second kappa shape index (κ2) is 10.6. The van der Waals surface area contributed by atoms with Gasteiger partial charge in [-0.25, -0.2) is 0 Å². The third-order valence-corrected chi connectivity index (χ3v) is 0. The molecule has 0 atom stereocenters. The second-order valence-corrected chi connectivity index (χ2v) is 0.671. The van der Waals surface area contributed by atoms with E-state index in [0.29, 0.717) is 0 Å². The molecule has 3 nitrogen and oxygen atoms in total. The Morgan fingerprint density at radius 1 is 1.33 bits per heavy atom.